The highest BCUT2D eigenvalue weighted by atomic mass is 35.5. The first kappa shape index (κ1) is 19.9. The molecule has 0 saturated carbocycles. The summed E-state index contributed by atoms with van der Waals surface area (Å²) in [4.78, 5) is 14.4. The fourth-order valence-corrected chi connectivity index (χ4v) is 3.68. The van der Waals surface area contributed by atoms with Gasteiger partial charge in [-0.1, -0.05) is 0 Å². The van der Waals surface area contributed by atoms with Crippen LogP contribution in [0.15, 0.2) is 17.0 Å². The summed E-state index contributed by atoms with van der Waals surface area (Å²) in [6, 6.07) is 3.56. The summed E-state index contributed by atoms with van der Waals surface area (Å²) in [5.41, 5.74) is 1.72. The van der Waals surface area contributed by atoms with Gasteiger partial charge < -0.3 is 10.2 Å². The van der Waals surface area contributed by atoms with Gasteiger partial charge in [-0.15, -0.1) is 12.4 Å². The van der Waals surface area contributed by atoms with E-state index in [0.29, 0.717) is 30.3 Å². The molecule has 1 aromatic rings. The number of hydrogen-bond acceptors (Lipinski definition) is 4. The summed E-state index contributed by atoms with van der Waals surface area (Å²) in [7, 11) is -1.92. The summed E-state index contributed by atoms with van der Waals surface area (Å²) in [5, 5.41) is 8.46. The van der Waals surface area contributed by atoms with Crippen LogP contribution in [0.3, 0.4) is 0 Å². The van der Waals surface area contributed by atoms with Crippen molar-refractivity contribution < 1.29 is 13.2 Å². The molecule has 23 heavy (non-hydrogen) atoms. The van der Waals surface area contributed by atoms with Crippen molar-refractivity contribution in [2.45, 2.75) is 37.6 Å². The number of aryl methyl sites for hydroxylation is 1. The first-order valence-corrected chi connectivity index (χ1v) is 8.89. The van der Waals surface area contributed by atoms with Crippen LogP contribution in [-0.2, 0) is 10.0 Å². The summed E-state index contributed by atoms with van der Waals surface area (Å²) in [6.07, 6.45) is 1.80. The van der Waals surface area contributed by atoms with Crippen molar-refractivity contribution in [3.8, 4) is 0 Å². The molecule has 1 fully saturated rings. The van der Waals surface area contributed by atoms with Gasteiger partial charge in [-0.05, 0) is 57.0 Å². The molecule has 2 rings (SSSR count). The average Bonchev–Trinajstić information content (AvgIpc) is 2.48. The lowest BCUT2D eigenvalue weighted by molar-refractivity contribution is 0.0707. The number of hydrogen-bond donors (Lipinski definition) is 2. The SMILES string of the molecule is CNC1CCN(C(=O)c2cc(C)c(C)c(S(N)(=O)=O)c2)CC1.Cl. The van der Waals surface area contributed by atoms with Crippen molar-refractivity contribution in [3.63, 3.8) is 0 Å². The third-order valence-corrected chi connectivity index (χ3v) is 5.40. The Morgan fingerprint density at radius 1 is 1.26 bits per heavy atom. The zero-order chi connectivity index (χ0) is 16.5. The van der Waals surface area contributed by atoms with E-state index in [4.69, 9.17) is 5.14 Å². The Morgan fingerprint density at radius 2 is 1.83 bits per heavy atom. The van der Waals surface area contributed by atoms with Gasteiger partial charge in [0.05, 0.1) is 4.90 Å². The Hall–Kier alpha value is -1.15. The molecule has 1 aliphatic heterocycles. The highest BCUT2D eigenvalue weighted by molar-refractivity contribution is 7.89. The van der Waals surface area contributed by atoms with Crippen molar-refractivity contribution in [3.05, 3.63) is 28.8 Å². The minimum atomic E-state index is -3.84. The minimum absolute atomic E-state index is 0. The first-order chi connectivity index (χ1) is 10.2. The Morgan fingerprint density at radius 3 is 2.30 bits per heavy atom. The van der Waals surface area contributed by atoms with E-state index in [1.807, 2.05) is 7.05 Å². The summed E-state index contributed by atoms with van der Waals surface area (Å²) in [5.74, 6) is -0.137. The number of amides is 1. The zero-order valence-corrected chi connectivity index (χ0v) is 15.3. The number of likely N-dealkylation sites (tertiary alicyclic amines) is 1. The first-order valence-electron chi connectivity index (χ1n) is 7.34. The smallest absolute Gasteiger partial charge is 0.253 e. The zero-order valence-electron chi connectivity index (χ0n) is 13.6. The van der Waals surface area contributed by atoms with E-state index in [1.54, 1.807) is 24.8 Å². The number of primary sulfonamides is 1. The van der Waals surface area contributed by atoms with Gasteiger partial charge >= 0.3 is 0 Å². The monoisotopic (exact) mass is 361 g/mol. The van der Waals surface area contributed by atoms with E-state index in [-0.39, 0.29) is 23.2 Å². The van der Waals surface area contributed by atoms with Gasteiger partial charge in [-0.2, -0.15) is 0 Å². The molecule has 1 amide bonds. The fourth-order valence-electron chi connectivity index (χ4n) is 2.80. The lowest BCUT2D eigenvalue weighted by atomic mass is 10.0. The topological polar surface area (TPSA) is 92.5 Å². The number of nitrogens with one attached hydrogen (secondary N) is 1. The van der Waals surface area contributed by atoms with Crippen LogP contribution in [0.1, 0.15) is 34.3 Å². The van der Waals surface area contributed by atoms with Gasteiger partial charge in [-0.25, -0.2) is 13.6 Å². The number of rotatable bonds is 3. The molecule has 0 unspecified atom stereocenters. The molecule has 0 bridgehead atoms. The molecule has 0 radical (unpaired) electrons. The third kappa shape index (κ3) is 4.44. The van der Waals surface area contributed by atoms with Crippen molar-refractivity contribution in [2.75, 3.05) is 20.1 Å². The predicted molar refractivity (Wildman–Crippen MR) is 92.5 cm³/mol. The number of halogens is 1. The molecule has 1 heterocycles. The largest absolute Gasteiger partial charge is 0.339 e. The van der Waals surface area contributed by atoms with Crippen LogP contribution in [0.2, 0.25) is 0 Å². The van der Waals surface area contributed by atoms with E-state index in [9.17, 15) is 13.2 Å². The Kier molecular flexibility index (Phi) is 6.59. The summed E-state index contributed by atoms with van der Waals surface area (Å²) in [6.45, 7) is 4.82. The second kappa shape index (κ2) is 7.61. The molecule has 1 aliphatic rings. The maximum absolute atomic E-state index is 12.6. The summed E-state index contributed by atoms with van der Waals surface area (Å²) < 4.78 is 23.4. The second-order valence-corrected chi connectivity index (χ2v) is 7.35. The van der Waals surface area contributed by atoms with Gasteiger partial charge in [0, 0.05) is 24.7 Å². The van der Waals surface area contributed by atoms with Gasteiger partial charge in [0.2, 0.25) is 10.0 Å². The van der Waals surface area contributed by atoms with Crippen molar-refractivity contribution in [1.29, 1.82) is 0 Å². The second-order valence-electron chi connectivity index (χ2n) is 5.82. The molecule has 0 atom stereocenters. The standard InChI is InChI=1S/C15H23N3O3S.ClH/c1-10-8-12(9-14(11(10)2)22(16,20)21)15(19)18-6-4-13(17-3)5-7-18;/h8-9,13,17H,4-7H2,1-3H3,(H2,16,20,21);1H. The number of nitrogens with zero attached hydrogens (tertiary/aromatic N) is 1. The van der Waals surface area contributed by atoms with Gasteiger partial charge in [0.25, 0.3) is 5.91 Å². The van der Waals surface area contributed by atoms with Gasteiger partial charge in [0.15, 0.2) is 0 Å². The van der Waals surface area contributed by atoms with Crippen LogP contribution in [0.5, 0.6) is 0 Å². The Bertz CT molecular complexity index is 683. The maximum Gasteiger partial charge on any atom is 0.253 e. The lowest BCUT2D eigenvalue weighted by Gasteiger charge is -2.32. The molecule has 0 spiro atoms. The molecule has 1 aromatic carbocycles. The third-order valence-electron chi connectivity index (χ3n) is 4.36. The van der Waals surface area contributed by atoms with Crippen LogP contribution in [-0.4, -0.2) is 45.4 Å². The number of sulfonamides is 1. The number of benzene rings is 1. The minimum Gasteiger partial charge on any atom is -0.339 e. The molecular formula is C15H24ClN3O3S. The maximum atomic E-state index is 12.6. The van der Waals surface area contributed by atoms with Crippen LogP contribution < -0.4 is 10.5 Å². The average molecular weight is 362 g/mol. The van der Waals surface area contributed by atoms with Crippen molar-refractivity contribution in [1.82, 2.24) is 10.2 Å². The molecular weight excluding hydrogens is 338 g/mol. The van der Waals surface area contributed by atoms with Crippen LogP contribution in [0.4, 0.5) is 0 Å². The number of carbonyl (C=O) groups is 1. The van der Waals surface area contributed by atoms with Crippen LogP contribution in [0.25, 0.3) is 0 Å². The van der Waals surface area contributed by atoms with Crippen molar-refractivity contribution in [2.24, 2.45) is 5.14 Å². The van der Waals surface area contributed by atoms with E-state index in [1.165, 1.54) is 6.07 Å². The van der Waals surface area contributed by atoms with E-state index in [2.05, 4.69) is 5.32 Å². The molecule has 0 aromatic heterocycles. The van der Waals surface area contributed by atoms with Gasteiger partial charge in [0.1, 0.15) is 0 Å². The quantitative estimate of drug-likeness (QED) is 0.846. The molecule has 0 aliphatic carbocycles. The molecule has 1 saturated heterocycles. The van der Waals surface area contributed by atoms with Crippen LogP contribution >= 0.6 is 12.4 Å². The van der Waals surface area contributed by atoms with Crippen LogP contribution in [0, 0.1) is 13.8 Å². The molecule has 3 N–H and O–H groups in total. The fraction of sp³-hybridized carbons (Fsp3) is 0.533. The normalized spacial score (nSPS) is 16.1. The Labute approximate surface area is 143 Å². The highest BCUT2D eigenvalue weighted by Gasteiger charge is 2.24. The lowest BCUT2D eigenvalue weighted by Crippen LogP contribution is -2.44. The van der Waals surface area contributed by atoms with Gasteiger partial charge in [-0.3, -0.25) is 4.79 Å². The number of nitrogens with two attached hydrogens (primary N) is 1. The van der Waals surface area contributed by atoms with E-state index >= 15 is 0 Å². The van der Waals surface area contributed by atoms with E-state index < -0.39 is 10.0 Å². The predicted octanol–water partition coefficient (Wildman–Crippen LogP) is 1.20. The van der Waals surface area contributed by atoms with Crippen molar-refractivity contribution >= 4 is 28.3 Å². The molecule has 8 heteroatoms. The molecule has 130 valence electrons. The number of piperidine rings is 1. The number of carbonyl (C=O) groups excluding carboxylic acids is 1. The van der Waals surface area contributed by atoms with E-state index in [0.717, 1.165) is 18.4 Å². The molecule has 6 nitrogen and oxygen atoms in total. The Balaban J connectivity index is 0.00000264. The highest BCUT2D eigenvalue weighted by Crippen LogP contribution is 2.22. The summed E-state index contributed by atoms with van der Waals surface area (Å²) >= 11 is 0.